The molecule has 3 nitrogen and oxygen atoms in total. The molecule has 1 unspecified atom stereocenters. The number of alkyl halides is 2. The van der Waals surface area contributed by atoms with Gasteiger partial charge in [0.2, 0.25) is 0 Å². The molecule has 3 aromatic carbocycles. The average molecular weight is 424 g/mol. The lowest BCUT2D eigenvalue weighted by molar-refractivity contribution is -0.0494. The normalized spacial score (nSPS) is 15.4. The van der Waals surface area contributed by atoms with Gasteiger partial charge in [0.25, 0.3) is 0 Å². The van der Waals surface area contributed by atoms with Crippen molar-refractivity contribution in [2.45, 2.75) is 12.5 Å². The predicted molar refractivity (Wildman–Crippen MR) is 108 cm³/mol. The third-order valence-corrected chi connectivity index (χ3v) is 5.09. The van der Waals surface area contributed by atoms with Gasteiger partial charge in [-0.25, -0.2) is 8.78 Å². The Hall–Kier alpha value is -3.79. The first-order valence-corrected chi connectivity index (χ1v) is 9.45. The van der Waals surface area contributed by atoms with Crippen LogP contribution in [0.4, 0.5) is 17.6 Å². The molecule has 1 aliphatic rings. The van der Waals surface area contributed by atoms with Crippen LogP contribution < -0.4 is 10.1 Å². The SMILES string of the molecule is N#Cc1ccc(-c2ccc(C3C=C(c4c(F)cccc4F)NC3)cc2OC(F)F)cc1. The first-order valence-electron chi connectivity index (χ1n) is 9.45. The van der Waals surface area contributed by atoms with Crippen molar-refractivity contribution in [1.82, 2.24) is 5.32 Å². The zero-order valence-electron chi connectivity index (χ0n) is 16.1. The van der Waals surface area contributed by atoms with Gasteiger partial charge in [0.15, 0.2) is 0 Å². The third kappa shape index (κ3) is 4.24. The summed E-state index contributed by atoms with van der Waals surface area (Å²) in [4.78, 5) is 0. The molecule has 0 saturated carbocycles. The molecule has 0 spiro atoms. The Morgan fingerprint density at radius 1 is 1.00 bits per heavy atom. The van der Waals surface area contributed by atoms with E-state index in [9.17, 15) is 17.6 Å². The van der Waals surface area contributed by atoms with Gasteiger partial charge < -0.3 is 10.1 Å². The monoisotopic (exact) mass is 424 g/mol. The molecule has 0 aliphatic carbocycles. The van der Waals surface area contributed by atoms with Gasteiger partial charge in [0, 0.05) is 23.7 Å². The second-order valence-corrected chi connectivity index (χ2v) is 6.99. The van der Waals surface area contributed by atoms with E-state index in [1.54, 1.807) is 42.5 Å². The molecule has 7 heteroatoms. The summed E-state index contributed by atoms with van der Waals surface area (Å²) in [6.45, 7) is -2.67. The van der Waals surface area contributed by atoms with E-state index >= 15 is 0 Å². The first kappa shape index (κ1) is 20.5. The van der Waals surface area contributed by atoms with Crippen molar-refractivity contribution in [2.24, 2.45) is 0 Å². The highest BCUT2D eigenvalue weighted by Gasteiger charge is 2.24. The van der Waals surface area contributed by atoms with Crippen molar-refractivity contribution in [3.8, 4) is 22.9 Å². The van der Waals surface area contributed by atoms with Gasteiger partial charge in [-0.3, -0.25) is 0 Å². The fourth-order valence-corrected chi connectivity index (χ4v) is 3.61. The van der Waals surface area contributed by atoms with Crippen molar-refractivity contribution in [1.29, 1.82) is 5.26 Å². The average Bonchev–Trinajstić information content (AvgIpc) is 3.23. The number of nitriles is 1. The Balaban J connectivity index is 1.69. The Morgan fingerprint density at radius 3 is 2.35 bits per heavy atom. The minimum absolute atomic E-state index is 0.0175. The molecule has 0 bridgehead atoms. The number of nitrogens with zero attached hydrogens (tertiary/aromatic N) is 1. The molecule has 0 radical (unpaired) electrons. The van der Waals surface area contributed by atoms with Gasteiger partial charge in [0.1, 0.15) is 17.4 Å². The highest BCUT2D eigenvalue weighted by Crippen LogP contribution is 2.37. The molecule has 0 aromatic heterocycles. The number of halogens is 4. The maximum absolute atomic E-state index is 14.1. The van der Waals surface area contributed by atoms with Gasteiger partial charge in [-0.05, 0) is 41.5 Å². The van der Waals surface area contributed by atoms with Crippen LogP contribution in [0.15, 0.2) is 66.7 Å². The van der Waals surface area contributed by atoms with E-state index in [0.29, 0.717) is 34.5 Å². The third-order valence-electron chi connectivity index (χ3n) is 5.09. The molecular weight excluding hydrogens is 408 g/mol. The zero-order valence-corrected chi connectivity index (χ0v) is 16.1. The molecule has 3 aromatic rings. The molecular formula is C24H16F4N2O. The Kier molecular flexibility index (Phi) is 5.63. The van der Waals surface area contributed by atoms with Crippen LogP contribution in [-0.2, 0) is 0 Å². The Bertz CT molecular complexity index is 1160. The minimum atomic E-state index is -3.02. The summed E-state index contributed by atoms with van der Waals surface area (Å²) in [5.74, 6) is -1.67. The lowest BCUT2D eigenvalue weighted by atomic mass is 9.95. The lowest BCUT2D eigenvalue weighted by Gasteiger charge is -2.15. The molecule has 1 atom stereocenters. The maximum atomic E-state index is 14.1. The highest BCUT2D eigenvalue weighted by atomic mass is 19.3. The van der Waals surface area contributed by atoms with Gasteiger partial charge in [0.05, 0.1) is 17.2 Å². The summed E-state index contributed by atoms with van der Waals surface area (Å²) < 4.78 is 59.0. The van der Waals surface area contributed by atoms with E-state index < -0.39 is 18.2 Å². The van der Waals surface area contributed by atoms with Crippen molar-refractivity contribution < 1.29 is 22.3 Å². The van der Waals surface area contributed by atoms with Gasteiger partial charge >= 0.3 is 6.61 Å². The molecule has 4 rings (SSSR count). The minimum Gasteiger partial charge on any atom is -0.434 e. The van der Waals surface area contributed by atoms with Crippen molar-refractivity contribution in [3.63, 3.8) is 0 Å². The number of benzene rings is 3. The second-order valence-electron chi connectivity index (χ2n) is 6.99. The van der Waals surface area contributed by atoms with Crippen LogP contribution in [-0.4, -0.2) is 13.2 Å². The summed E-state index contributed by atoms with van der Waals surface area (Å²) in [6, 6.07) is 17.1. The summed E-state index contributed by atoms with van der Waals surface area (Å²) in [6.07, 6.45) is 1.67. The van der Waals surface area contributed by atoms with Crippen LogP contribution in [0, 0.1) is 23.0 Å². The number of nitrogens with one attached hydrogen (secondary N) is 1. The van der Waals surface area contributed by atoms with Crippen LogP contribution in [0.1, 0.15) is 22.6 Å². The highest BCUT2D eigenvalue weighted by molar-refractivity contribution is 5.73. The largest absolute Gasteiger partial charge is 0.434 e. The Morgan fingerprint density at radius 2 is 1.71 bits per heavy atom. The smallest absolute Gasteiger partial charge is 0.387 e. The molecule has 0 saturated heterocycles. The van der Waals surface area contributed by atoms with Crippen molar-refractivity contribution >= 4 is 5.70 Å². The van der Waals surface area contributed by atoms with E-state index in [2.05, 4.69) is 5.32 Å². The topological polar surface area (TPSA) is 45.0 Å². The second kappa shape index (κ2) is 8.52. The molecule has 1 N–H and O–H groups in total. The summed E-state index contributed by atoms with van der Waals surface area (Å²) >= 11 is 0. The fourth-order valence-electron chi connectivity index (χ4n) is 3.61. The van der Waals surface area contributed by atoms with Crippen LogP contribution in [0.2, 0.25) is 0 Å². The van der Waals surface area contributed by atoms with E-state index in [4.69, 9.17) is 10.00 Å². The molecule has 156 valence electrons. The number of hydrogen-bond acceptors (Lipinski definition) is 3. The van der Waals surface area contributed by atoms with E-state index in [-0.39, 0.29) is 17.2 Å². The molecule has 0 fully saturated rings. The number of hydrogen-bond donors (Lipinski definition) is 1. The summed E-state index contributed by atoms with van der Waals surface area (Å²) in [5, 5.41) is 11.9. The van der Waals surface area contributed by atoms with E-state index in [0.717, 1.165) is 0 Å². The predicted octanol–water partition coefficient (Wildman–Crippen LogP) is 5.83. The van der Waals surface area contributed by atoms with E-state index in [1.165, 1.54) is 24.3 Å². The zero-order chi connectivity index (χ0) is 22.0. The van der Waals surface area contributed by atoms with Crippen LogP contribution in [0.5, 0.6) is 5.75 Å². The number of rotatable bonds is 5. The van der Waals surface area contributed by atoms with Crippen LogP contribution in [0.3, 0.4) is 0 Å². The quantitative estimate of drug-likeness (QED) is 0.524. The molecule has 1 aliphatic heterocycles. The van der Waals surface area contributed by atoms with Crippen molar-refractivity contribution in [3.05, 3.63) is 95.1 Å². The fraction of sp³-hybridized carbons (Fsp3) is 0.125. The maximum Gasteiger partial charge on any atom is 0.387 e. The number of ether oxygens (including phenoxy) is 1. The summed E-state index contributed by atoms with van der Waals surface area (Å²) in [5.41, 5.74) is 2.34. The van der Waals surface area contributed by atoms with Crippen LogP contribution in [0.25, 0.3) is 16.8 Å². The van der Waals surface area contributed by atoms with Gasteiger partial charge in [-0.1, -0.05) is 36.4 Å². The van der Waals surface area contributed by atoms with Crippen molar-refractivity contribution in [2.75, 3.05) is 6.54 Å². The standard InChI is InChI=1S/C24H16F4N2O/c25-19-2-1-3-20(26)23(19)21-10-17(13-30-21)16-8-9-18(22(11-16)31-24(27)28)15-6-4-14(12-29)5-7-15/h1-11,17,24,30H,13H2. The lowest BCUT2D eigenvalue weighted by Crippen LogP contribution is -2.12. The summed E-state index contributed by atoms with van der Waals surface area (Å²) in [7, 11) is 0. The molecule has 0 amide bonds. The first-order chi connectivity index (χ1) is 15.0. The Labute approximate surface area is 176 Å². The van der Waals surface area contributed by atoms with Crippen LogP contribution >= 0.6 is 0 Å². The molecule has 31 heavy (non-hydrogen) atoms. The van der Waals surface area contributed by atoms with E-state index in [1.807, 2.05) is 6.07 Å². The van der Waals surface area contributed by atoms with Gasteiger partial charge in [-0.2, -0.15) is 14.0 Å². The van der Waals surface area contributed by atoms with Gasteiger partial charge in [-0.15, -0.1) is 0 Å². The molecule has 1 heterocycles.